The number of benzene rings is 1. The number of hydrogen-bond donors (Lipinski definition) is 1. The molecule has 3 atom stereocenters. The van der Waals surface area contributed by atoms with Crippen LogP contribution in [0.1, 0.15) is 57.1 Å². The number of aryl methyl sites for hydroxylation is 1. The Kier molecular flexibility index (Phi) is 3.66. The van der Waals surface area contributed by atoms with Gasteiger partial charge in [0.15, 0.2) is 5.78 Å². The zero-order valence-electron chi connectivity index (χ0n) is 13.9. The minimum Gasteiger partial charge on any atom is -0.300 e. The third-order valence-corrected chi connectivity index (χ3v) is 6.27. The monoisotopic (exact) mass is 329 g/mol. The molecule has 0 radical (unpaired) electrons. The van der Waals surface area contributed by atoms with E-state index in [9.17, 15) is 4.79 Å². The first kappa shape index (κ1) is 15.4. The van der Waals surface area contributed by atoms with E-state index in [1.807, 2.05) is 6.92 Å². The lowest BCUT2D eigenvalue weighted by atomic mass is 9.85. The smallest absolute Gasteiger partial charge is 0.158 e. The van der Waals surface area contributed by atoms with Crippen LogP contribution in [0, 0.1) is 5.92 Å². The maximum absolute atomic E-state index is 12.0. The molecular formula is C20H24ClNO. The van der Waals surface area contributed by atoms with Gasteiger partial charge in [-0.2, -0.15) is 0 Å². The zero-order chi connectivity index (χ0) is 16.2. The minimum absolute atomic E-state index is 0.0352. The molecule has 1 N–H and O–H groups in total. The molecule has 2 nitrogen and oxygen atoms in total. The third-order valence-electron chi connectivity index (χ3n) is 5.94. The van der Waals surface area contributed by atoms with Crippen molar-refractivity contribution >= 4 is 17.4 Å². The first-order chi connectivity index (χ1) is 11.1. The number of allylic oxidation sites excluding steroid dienone is 1. The van der Waals surface area contributed by atoms with E-state index >= 15 is 0 Å². The van der Waals surface area contributed by atoms with Gasteiger partial charge in [-0.3, -0.25) is 10.1 Å². The number of ketones is 1. The highest BCUT2D eigenvalue weighted by atomic mass is 35.5. The average molecular weight is 330 g/mol. The van der Waals surface area contributed by atoms with E-state index in [2.05, 4.69) is 30.4 Å². The Balaban J connectivity index is 1.63. The number of fused-ring (bicyclic) bond motifs is 1. The van der Waals surface area contributed by atoms with Gasteiger partial charge in [-0.1, -0.05) is 42.7 Å². The van der Waals surface area contributed by atoms with Crippen molar-refractivity contribution in [2.24, 2.45) is 5.92 Å². The largest absolute Gasteiger partial charge is 0.300 e. The first-order valence-corrected chi connectivity index (χ1v) is 9.26. The lowest BCUT2D eigenvalue weighted by Gasteiger charge is -2.22. The summed E-state index contributed by atoms with van der Waals surface area (Å²) in [7, 11) is 0. The van der Waals surface area contributed by atoms with Crippen molar-refractivity contribution < 1.29 is 4.79 Å². The van der Waals surface area contributed by atoms with Gasteiger partial charge < -0.3 is 0 Å². The van der Waals surface area contributed by atoms with Crippen molar-refractivity contribution in [2.45, 2.75) is 64.0 Å². The number of hydrogen-bond acceptors (Lipinski definition) is 2. The molecule has 3 heteroatoms. The van der Waals surface area contributed by atoms with Crippen LogP contribution in [0.2, 0.25) is 5.02 Å². The summed E-state index contributed by atoms with van der Waals surface area (Å²) in [5.74, 6) is 0.834. The van der Waals surface area contributed by atoms with Crippen molar-refractivity contribution in [1.82, 2.24) is 5.32 Å². The van der Waals surface area contributed by atoms with Crippen LogP contribution < -0.4 is 5.32 Å². The van der Waals surface area contributed by atoms with Crippen molar-refractivity contribution in [1.29, 1.82) is 0 Å². The summed E-state index contributed by atoms with van der Waals surface area (Å²) in [6.45, 7) is 4.24. The van der Waals surface area contributed by atoms with Gasteiger partial charge in [-0.25, -0.2) is 0 Å². The lowest BCUT2D eigenvalue weighted by Crippen LogP contribution is -2.23. The Bertz CT molecular complexity index is 708. The second-order valence-corrected chi connectivity index (χ2v) is 7.72. The molecule has 0 bridgehead atoms. The van der Waals surface area contributed by atoms with E-state index in [0.717, 1.165) is 36.3 Å². The lowest BCUT2D eigenvalue weighted by molar-refractivity contribution is -0.116. The van der Waals surface area contributed by atoms with Crippen molar-refractivity contribution in [3.63, 3.8) is 0 Å². The van der Waals surface area contributed by atoms with E-state index in [4.69, 9.17) is 11.6 Å². The Morgan fingerprint density at radius 3 is 2.91 bits per heavy atom. The highest BCUT2D eigenvalue weighted by Gasteiger charge is 2.81. The second kappa shape index (κ2) is 5.46. The van der Waals surface area contributed by atoms with Crippen molar-refractivity contribution in [2.75, 3.05) is 0 Å². The predicted octanol–water partition coefficient (Wildman–Crippen LogP) is 4.55. The van der Waals surface area contributed by atoms with Crippen LogP contribution in [0.3, 0.4) is 0 Å². The van der Waals surface area contributed by atoms with Gasteiger partial charge in [0.25, 0.3) is 0 Å². The standard InChI is InChI=1S/C20H24ClNO/c1-3-4-6-13-9-10-16(21)15(11-13)20-18(19(20)22-20)14-7-5-8-17(23)12(14)2/h9-11,18-19,22H,3-8H2,1-2H3. The summed E-state index contributed by atoms with van der Waals surface area (Å²) >= 11 is 6.53. The molecule has 2 fully saturated rings. The summed E-state index contributed by atoms with van der Waals surface area (Å²) in [6.07, 6.45) is 6.35. The highest BCUT2D eigenvalue weighted by Crippen LogP contribution is 2.70. The fourth-order valence-corrected chi connectivity index (χ4v) is 4.65. The van der Waals surface area contributed by atoms with Crippen LogP contribution >= 0.6 is 11.6 Å². The molecule has 1 saturated carbocycles. The molecule has 23 heavy (non-hydrogen) atoms. The Labute approximate surface area is 143 Å². The molecule has 0 amide bonds. The number of halogens is 1. The molecule has 1 aliphatic heterocycles. The van der Waals surface area contributed by atoms with E-state index in [0.29, 0.717) is 17.7 Å². The summed E-state index contributed by atoms with van der Waals surface area (Å²) < 4.78 is 0. The molecule has 1 saturated heterocycles. The van der Waals surface area contributed by atoms with Gasteiger partial charge in [-0.05, 0) is 55.4 Å². The zero-order valence-corrected chi connectivity index (χ0v) is 14.7. The van der Waals surface area contributed by atoms with Gasteiger partial charge in [0.2, 0.25) is 0 Å². The van der Waals surface area contributed by atoms with Crippen LogP contribution in [-0.4, -0.2) is 11.8 Å². The Morgan fingerprint density at radius 2 is 2.17 bits per heavy atom. The molecule has 1 aromatic carbocycles. The summed E-state index contributed by atoms with van der Waals surface area (Å²) in [5.41, 5.74) is 5.08. The topological polar surface area (TPSA) is 39.0 Å². The van der Waals surface area contributed by atoms with Crippen molar-refractivity contribution in [3.8, 4) is 0 Å². The summed E-state index contributed by atoms with van der Waals surface area (Å²) in [5, 5.41) is 4.47. The van der Waals surface area contributed by atoms with E-state index in [1.54, 1.807) is 0 Å². The molecule has 4 rings (SSSR count). The third kappa shape index (κ3) is 2.30. The SMILES string of the molecule is CCCCc1ccc(Cl)c(C23NC2C3C2=C(C)C(=O)CCC2)c1. The molecule has 2 aliphatic carbocycles. The molecule has 0 spiro atoms. The normalized spacial score (nSPS) is 32.0. The fraction of sp³-hybridized carbons (Fsp3) is 0.550. The van der Waals surface area contributed by atoms with E-state index in [-0.39, 0.29) is 5.54 Å². The molecule has 0 aromatic heterocycles. The van der Waals surface area contributed by atoms with Gasteiger partial charge >= 0.3 is 0 Å². The molecule has 3 unspecified atom stereocenters. The van der Waals surface area contributed by atoms with Gasteiger partial charge in [0.1, 0.15) is 0 Å². The number of unbranched alkanes of at least 4 members (excludes halogenated alkanes) is 1. The molecular weight excluding hydrogens is 306 g/mol. The van der Waals surface area contributed by atoms with Crippen LogP contribution in [0.5, 0.6) is 0 Å². The number of carbonyl (C=O) groups is 1. The maximum Gasteiger partial charge on any atom is 0.158 e. The van der Waals surface area contributed by atoms with E-state index < -0.39 is 0 Å². The van der Waals surface area contributed by atoms with Crippen LogP contribution in [0.4, 0.5) is 0 Å². The number of nitrogens with one attached hydrogen (secondary N) is 1. The summed E-state index contributed by atoms with van der Waals surface area (Å²) in [4.78, 5) is 12.0. The van der Waals surface area contributed by atoms with Crippen LogP contribution in [-0.2, 0) is 16.8 Å². The van der Waals surface area contributed by atoms with Gasteiger partial charge in [-0.15, -0.1) is 0 Å². The summed E-state index contributed by atoms with van der Waals surface area (Å²) in [6, 6.07) is 7.00. The highest BCUT2D eigenvalue weighted by molar-refractivity contribution is 6.31. The fourth-order valence-electron chi connectivity index (χ4n) is 4.38. The molecule has 122 valence electrons. The van der Waals surface area contributed by atoms with Crippen LogP contribution in [0.15, 0.2) is 29.3 Å². The quantitative estimate of drug-likeness (QED) is 0.805. The molecule has 3 aliphatic rings. The number of rotatable bonds is 5. The molecule has 1 heterocycles. The Hall–Kier alpha value is -1.12. The number of Topliss-reactive ketones (excluding diaryl/α,β-unsaturated/α-hetero) is 1. The van der Waals surface area contributed by atoms with Crippen molar-refractivity contribution in [3.05, 3.63) is 45.5 Å². The van der Waals surface area contributed by atoms with Gasteiger partial charge in [0, 0.05) is 23.4 Å². The molecule has 1 aromatic rings. The Morgan fingerprint density at radius 1 is 1.35 bits per heavy atom. The minimum atomic E-state index is 0.0352. The van der Waals surface area contributed by atoms with E-state index in [1.165, 1.54) is 29.5 Å². The second-order valence-electron chi connectivity index (χ2n) is 7.31. The number of carbonyl (C=O) groups excluding carboxylic acids is 1. The predicted molar refractivity (Wildman–Crippen MR) is 93.7 cm³/mol. The average Bonchev–Trinajstić information content (AvgIpc) is 3.41. The van der Waals surface area contributed by atoms with Crippen LogP contribution in [0.25, 0.3) is 0 Å². The maximum atomic E-state index is 12.0. The van der Waals surface area contributed by atoms with Gasteiger partial charge in [0.05, 0.1) is 5.54 Å². The first-order valence-electron chi connectivity index (χ1n) is 8.89.